The second kappa shape index (κ2) is 8.72. The van der Waals surface area contributed by atoms with Gasteiger partial charge >= 0.3 is 0 Å². The molecule has 0 radical (unpaired) electrons. The summed E-state index contributed by atoms with van der Waals surface area (Å²) in [5.74, 6) is 1.70. The van der Waals surface area contributed by atoms with Gasteiger partial charge in [0.15, 0.2) is 11.6 Å². The summed E-state index contributed by atoms with van der Waals surface area (Å²) in [5, 5.41) is 8.41. The van der Waals surface area contributed by atoms with Crippen molar-refractivity contribution in [1.29, 1.82) is 0 Å². The van der Waals surface area contributed by atoms with E-state index in [-0.39, 0.29) is 5.91 Å². The van der Waals surface area contributed by atoms with Crippen LogP contribution in [-0.2, 0) is 6.54 Å². The lowest BCUT2D eigenvalue weighted by molar-refractivity contribution is 0.0714. The molecule has 0 atom stereocenters. The van der Waals surface area contributed by atoms with Crippen molar-refractivity contribution < 1.29 is 9.21 Å². The van der Waals surface area contributed by atoms with E-state index in [1.54, 1.807) is 23.2 Å². The van der Waals surface area contributed by atoms with Crippen LogP contribution in [0.15, 0.2) is 59.3 Å². The molecule has 3 aromatic rings. The Labute approximate surface area is 169 Å². The molecule has 4 rings (SSSR count). The number of nitrogens with zero attached hydrogens (tertiary/aromatic N) is 6. The zero-order chi connectivity index (χ0) is 20.1. The van der Waals surface area contributed by atoms with Crippen molar-refractivity contribution in [2.24, 2.45) is 0 Å². The number of hydrogen-bond acceptors (Lipinski definition) is 7. The van der Waals surface area contributed by atoms with Crippen LogP contribution in [0.2, 0.25) is 0 Å². The number of aromatic nitrogens is 3. The first-order valence-electron chi connectivity index (χ1n) is 9.81. The van der Waals surface area contributed by atoms with Gasteiger partial charge in [-0.1, -0.05) is 30.3 Å². The Bertz CT molecular complexity index is 923. The summed E-state index contributed by atoms with van der Waals surface area (Å²) in [5.41, 5.74) is 1.20. The number of anilines is 2. The van der Waals surface area contributed by atoms with Gasteiger partial charge in [-0.2, -0.15) is 10.1 Å². The van der Waals surface area contributed by atoms with Gasteiger partial charge in [0.25, 0.3) is 5.91 Å². The standard InChI is InChI=1S/C21H24N6O2/c1-2-25(16-17-7-4-3-5-8-17)21-23-19(15-22-24-21)26-10-12-27(13-11-26)20(28)18-9-6-14-29-18/h3-9,14-15H,2,10-13,16H2,1H3. The fourth-order valence-corrected chi connectivity index (χ4v) is 3.39. The Morgan fingerprint density at radius 1 is 1.10 bits per heavy atom. The molecule has 0 aliphatic carbocycles. The molecule has 0 bridgehead atoms. The van der Waals surface area contributed by atoms with Crippen LogP contribution in [0.25, 0.3) is 0 Å². The minimum Gasteiger partial charge on any atom is -0.459 e. The molecule has 29 heavy (non-hydrogen) atoms. The average Bonchev–Trinajstić information content (AvgIpc) is 3.33. The van der Waals surface area contributed by atoms with Crippen LogP contribution < -0.4 is 9.80 Å². The summed E-state index contributed by atoms with van der Waals surface area (Å²) in [7, 11) is 0. The van der Waals surface area contributed by atoms with E-state index in [2.05, 4.69) is 39.1 Å². The first kappa shape index (κ1) is 18.9. The molecule has 8 nitrogen and oxygen atoms in total. The van der Waals surface area contributed by atoms with Crippen LogP contribution in [0.4, 0.5) is 11.8 Å². The van der Waals surface area contributed by atoms with Gasteiger partial charge in [0, 0.05) is 39.3 Å². The maximum Gasteiger partial charge on any atom is 0.289 e. The topological polar surface area (TPSA) is 78.6 Å². The zero-order valence-corrected chi connectivity index (χ0v) is 16.4. The van der Waals surface area contributed by atoms with Gasteiger partial charge in [0.05, 0.1) is 12.5 Å². The van der Waals surface area contributed by atoms with Crippen LogP contribution in [-0.4, -0.2) is 58.7 Å². The second-order valence-electron chi connectivity index (χ2n) is 6.87. The molecule has 150 valence electrons. The first-order chi connectivity index (χ1) is 14.2. The van der Waals surface area contributed by atoms with Crippen molar-refractivity contribution in [2.45, 2.75) is 13.5 Å². The van der Waals surface area contributed by atoms with Gasteiger partial charge < -0.3 is 19.1 Å². The summed E-state index contributed by atoms with van der Waals surface area (Å²) in [6.45, 7) is 6.20. The third-order valence-electron chi connectivity index (χ3n) is 5.04. The molecule has 1 amide bonds. The molecule has 1 fully saturated rings. The van der Waals surface area contributed by atoms with Crippen molar-refractivity contribution in [3.05, 3.63) is 66.2 Å². The molecule has 8 heteroatoms. The van der Waals surface area contributed by atoms with Crippen molar-refractivity contribution in [1.82, 2.24) is 20.1 Å². The van der Waals surface area contributed by atoms with Gasteiger partial charge in [0.1, 0.15) is 0 Å². The predicted octanol–water partition coefficient (Wildman–Crippen LogP) is 2.45. The monoisotopic (exact) mass is 392 g/mol. The fourth-order valence-electron chi connectivity index (χ4n) is 3.39. The van der Waals surface area contributed by atoms with Gasteiger partial charge in [0.2, 0.25) is 5.95 Å². The highest BCUT2D eigenvalue weighted by Crippen LogP contribution is 2.18. The number of piperazine rings is 1. The number of carbonyl (C=O) groups is 1. The number of benzene rings is 1. The Hall–Kier alpha value is -3.42. The lowest BCUT2D eigenvalue weighted by Gasteiger charge is -2.35. The lowest BCUT2D eigenvalue weighted by Crippen LogP contribution is -2.49. The van der Waals surface area contributed by atoms with Crippen LogP contribution in [0, 0.1) is 0 Å². The van der Waals surface area contributed by atoms with Crippen molar-refractivity contribution >= 4 is 17.7 Å². The van der Waals surface area contributed by atoms with E-state index in [1.807, 2.05) is 18.2 Å². The molecule has 1 aromatic carbocycles. The van der Waals surface area contributed by atoms with Crippen molar-refractivity contribution in [2.75, 3.05) is 42.5 Å². The van der Waals surface area contributed by atoms with Crippen LogP contribution in [0.1, 0.15) is 23.0 Å². The highest BCUT2D eigenvalue weighted by molar-refractivity contribution is 5.91. The Kier molecular flexibility index (Phi) is 5.69. The van der Waals surface area contributed by atoms with E-state index < -0.39 is 0 Å². The molecule has 1 aliphatic heterocycles. The normalized spacial score (nSPS) is 14.1. The molecule has 3 heterocycles. The summed E-state index contributed by atoms with van der Waals surface area (Å²) in [4.78, 5) is 23.2. The van der Waals surface area contributed by atoms with E-state index in [0.29, 0.717) is 37.9 Å². The maximum absolute atomic E-state index is 12.4. The SMILES string of the molecule is CCN(Cc1ccccc1)c1nncc(N2CCN(C(=O)c3ccco3)CC2)n1. The Morgan fingerprint density at radius 2 is 1.90 bits per heavy atom. The molecule has 1 saturated heterocycles. The lowest BCUT2D eigenvalue weighted by atomic mass is 10.2. The summed E-state index contributed by atoms with van der Waals surface area (Å²) in [6.07, 6.45) is 3.20. The number of carbonyl (C=O) groups excluding carboxylic acids is 1. The molecular weight excluding hydrogens is 368 g/mol. The van der Waals surface area contributed by atoms with Crippen LogP contribution >= 0.6 is 0 Å². The van der Waals surface area contributed by atoms with E-state index in [0.717, 1.165) is 18.9 Å². The molecular formula is C21H24N6O2. The van der Waals surface area contributed by atoms with Crippen molar-refractivity contribution in [3.63, 3.8) is 0 Å². The molecule has 0 N–H and O–H groups in total. The fraction of sp³-hybridized carbons (Fsp3) is 0.333. The van der Waals surface area contributed by atoms with Crippen LogP contribution in [0.5, 0.6) is 0 Å². The molecule has 0 unspecified atom stereocenters. The van der Waals surface area contributed by atoms with E-state index >= 15 is 0 Å². The van der Waals surface area contributed by atoms with E-state index in [9.17, 15) is 4.79 Å². The van der Waals surface area contributed by atoms with E-state index in [4.69, 9.17) is 9.40 Å². The Morgan fingerprint density at radius 3 is 2.59 bits per heavy atom. The highest BCUT2D eigenvalue weighted by atomic mass is 16.3. The van der Waals surface area contributed by atoms with Gasteiger partial charge in [-0.05, 0) is 24.6 Å². The number of furan rings is 1. The van der Waals surface area contributed by atoms with Crippen molar-refractivity contribution in [3.8, 4) is 0 Å². The summed E-state index contributed by atoms with van der Waals surface area (Å²) < 4.78 is 5.22. The molecule has 1 aliphatic rings. The van der Waals surface area contributed by atoms with Gasteiger partial charge in [-0.15, -0.1) is 5.10 Å². The van der Waals surface area contributed by atoms with Crippen LogP contribution in [0.3, 0.4) is 0 Å². The summed E-state index contributed by atoms with van der Waals surface area (Å²) >= 11 is 0. The number of hydrogen-bond donors (Lipinski definition) is 0. The van der Waals surface area contributed by atoms with E-state index in [1.165, 1.54) is 11.8 Å². The zero-order valence-electron chi connectivity index (χ0n) is 16.4. The average molecular weight is 392 g/mol. The number of amides is 1. The maximum atomic E-state index is 12.4. The summed E-state index contributed by atoms with van der Waals surface area (Å²) in [6, 6.07) is 13.7. The minimum absolute atomic E-state index is 0.0730. The minimum atomic E-state index is -0.0730. The molecule has 2 aromatic heterocycles. The molecule has 0 spiro atoms. The smallest absolute Gasteiger partial charge is 0.289 e. The first-order valence-corrected chi connectivity index (χ1v) is 9.81. The quantitative estimate of drug-likeness (QED) is 0.637. The third-order valence-corrected chi connectivity index (χ3v) is 5.04. The second-order valence-corrected chi connectivity index (χ2v) is 6.87. The third kappa shape index (κ3) is 4.37. The van der Waals surface area contributed by atoms with Gasteiger partial charge in [-0.3, -0.25) is 4.79 Å². The molecule has 0 saturated carbocycles. The highest BCUT2D eigenvalue weighted by Gasteiger charge is 2.25. The van der Waals surface area contributed by atoms with Gasteiger partial charge in [-0.25, -0.2) is 0 Å². The number of rotatable bonds is 6. The largest absolute Gasteiger partial charge is 0.459 e. The Balaban J connectivity index is 1.42. The predicted molar refractivity (Wildman–Crippen MR) is 110 cm³/mol.